The molecule has 0 heterocycles. The van der Waals surface area contributed by atoms with Crippen LogP contribution in [0, 0.1) is 5.82 Å². The van der Waals surface area contributed by atoms with Gasteiger partial charge in [-0.2, -0.15) is 0 Å². The number of hydrogen-bond acceptors (Lipinski definition) is 4. The van der Waals surface area contributed by atoms with E-state index in [4.69, 9.17) is 21.9 Å². The van der Waals surface area contributed by atoms with Gasteiger partial charge in [-0.15, -0.1) is 12.4 Å². The molecule has 6 N–H and O–H groups in total. The molecule has 9 heteroatoms. The maximum Gasteiger partial charge on any atom is 0.123 e. The summed E-state index contributed by atoms with van der Waals surface area (Å²) in [5, 5.41) is 3.96. The van der Waals surface area contributed by atoms with E-state index in [1.54, 1.807) is 19.2 Å². The monoisotopic (exact) mass is 677 g/mol. The zero-order chi connectivity index (χ0) is 32.5. The summed E-state index contributed by atoms with van der Waals surface area (Å²) in [5.41, 5.74) is 18.2. The Hall–Kier alpha value is -1.79. The first-order valence-electron chi connectivity index (χ1n) is 15.9. The number of rotatable bonds is 13. The smallest absolute Gasteiger partial charge is 0.123 e. The van der Waals surface area contributed by atoms with Crippen molar-refractivity contribution in [1.82, 2.24) is 0 Å². The van der Waals surface area contributed by atoms with Crippen molar-refractivity contribution in [3.8, 4) is 5.75 Å². The van der Waals surface area contributed by atoms with Crippen LogP contribution in [0.5, 0.6) is 5.75 Å². The van der Waals surface area contributed by atoms with Crippen molar-refractivity contribution in [2.24, 2.45) is 17.2 Å². The van der Waals surface area contributed by atoms with Crippen LogP contribution >= 0.6 is 12.4 Å². The van der Waals surface area contributed by atoms with E-state index in [1.165, 1.54) is 55.0 Å². The Balaban J connectivity index is 0.000000639. The summed E-state index contributed by atoms with van der Waals surface area (Å²) in [5.74, 6) is 0.743. The average Bonchev–Trinajstić information content (AvgIpc) is 3.02. The summed E-state index contributed by atoms with van der Waals surface area (Å²) in [6.07, 6.45) is 9.35. The van der Waals surface area contributed by atoms with E-state index >= 15 is 0 Å². The zero-order valence-corrected chi connectivity index (χ0v) is 32.5. The van der Waals surface area contributed by atoms with E-state index in [9.17, 15) is 4.39 Å². The summed E-state index contributed by atoms with van der Waals surface area (Å²) in [6.45, 7) is 15.9. The molecule has 0 saturated heterocycles. The van der Waals surface area contributed by atoms with Crippen molar-refractivity contribution in [1.29, 1.82) is 0 Å². The Morgan fingerprint density at radius 3 is 1.70 bits per heavy atom. The number of hydrogen-bond donors (Lipinski definition) is 3. The molecule has 4 nitrogen and oxygen atoms in total. The third-order valence-corrected chi connectivity index (χ3v) is 18.3. The quantitative estimate of drug-likeness (QED) is 0.141. The largest absolute Gasteiger partial charge is 0.497 e. The lowest BCUT2D eigenvalue weighted by molar-refractivity contribution is 0.415. The normalized spacial score (nSPS) is 12.1. The molecular formula is C35H61ClFN3OSi3. The van der Waals surface area contributed by atoms with Crippen LogP contribution < -0.4 is 37.5 Å². The summed E-state index contributed by atoms with van der Waals surface area (Å²) in [4.78, 5) is 0. The molecule has 0 fully saturated rings. The van der Waals surface area contributed by atoms with Crippen LogP contribution in [0.3, 0.4) is 0 Å². The molecule has 0 aliphatic carbocycles. The highest BCUT2D eigenvalue weighted by molar-refractivity contribution is 6.91. The van der Waals surface area contributed by atoms with E-state index in [-0.39, 0.29) is 18.2 Å². The number of benzene rings is 3. The second-order valence-electron chi connectivity index (χ2n) is 13.3. The Labute approximate surface area is 277 Å². The SMILES string of the molecule is CCCCCCCC(N)[Si](C)(C)c1ccccc1.COc1ccc([Si](C)(C)CN)cc1.C[Si](C)(CN)c1cccc(F)c1.Cl. The number of halogens is 2. The minimum atomic E-state index is -1.55. The third-order valence-electron chi connectivity index (χ3n) is 8.56. The van der Waals surface area contributed by atoms with Crippen LogP contribution in [-0.2, 0) is 0 Å². The van der Waals surface area contributed by atoms with Gasteiger partial charge in [0.1, 0.15) is 11.6 Å². The van der Waals surface area contributed by atoms with Gasteiger partial charge < -0.3 is 21.9 Å². The van der Waals surface area contributed by atoms with E-state index in [0.717, 1.165) is 17.1 Å². The van der Waals surface area contributed by atoms with E-state index < -0.39 is 24.2 Å². The minimum absolute atomic E-state index is 0. The number of ether oxygens (including phenoxy) is 1. The van der Waals surface area contributed by atoms with Crippen molar-refractivity contribution in [2.45, 2.75) is 90.4 Å². The second kappa shape index (κ2) is 21.1. The molecule has 0 aliphatic rings. The highest BCUT2D eigenvalue weighted by Gasteiger charge is 2.30. The second-order valence-corrected chi connectivity index (χ2v) is 27.6. The van der Waals surface area contributed by atoms with Gasteiger partial charge in [-0.3, -0.25) is 0 Å². The minimum Gasteiger partial charge on any atom is -0.497 e. The summed E-state index contributed by atoms with van der Waals surface area (Å²) < 4.78 is 17.9. The van der Waals surface area contributed by atoms with Crippen LogP contribution in [-0.4, -0.2) is 49.3 Å². The topological polar surface area (TPSA) is 87.3 Å². The van der Waals surface area contributed by atoms with Gasteiger partial charge in [0.05, 0.1) is 31.3 Å². The first kappa shape index (κ1) is 42.2. The molecule has 44 heavy (non-hydrogen) atoms. The van der Waals surface area contributed by atoms with E-state index in [2.05, 4.69) is 88.7 Å². The molecule has 0 aromatic heterocycles. The lowest BCUT2D eigenvalue weighted by Gasteiger charge is -2.30. The highest BCUT2D eigenvalue weighted by Crippen LogP contribution is 2.15. The zero-order valence-electron chi connectivity index (χ0n) is 28.7. The van der Waals surface area contributed by atoms with Crippen molar-refractivity contribution in [3.63, 3.8) is 0 Å². The maximum atomic E-state index is 12.8. The molecule has 0 saturated carbocycles. The molecule has 1 atom stereocenters. The van der Waals surface area contributed by atoms with Crippen LogP contribution in [0.4, 0.5) is 4.39 Å². The molecule has 0 bridgehead atoms. The first-order valence-corrected chi connectivity index (χ1v) is 25.4. The predicted octanol–water partition coefficient (Wildman–Crippen LogP) is 6.60. The van der Waals surface area contributed by atoms with E-state index in [0.29, 0.717) is 11.8 Å². The van der Waals surface area contributed by atoms with Crippen LogP contribution in [0.15, 0.2) is 78.9 Å². The van der Waals surface area contributed by atoms with Crippen molar-refractivity contribution in [3.05, 3.63) is 84.7 Å². The van der Waals surface area contributed by atoms with Gasteiger partial charge >= 0.3 is 0 Å². The van der Waals surface area contributed by atoms with Gasteiger partial charge in [-0.25, -0.2) is 4.39 Å². The van der Waals surface area contributed by atoms with Gasteiger partial charge in [0.25, 0.3) is 0 Å². The van der Waals surface area contributed by atoms with Crippen LogP contribution in [0.25, 0.3) is 0 Å². The van der Waals surface area contributed by atoms with Gasteiger partial charge in [0, 0.05) is 5.67 Å². The van der Waals surface area contributed by atoms with Crippen molar-refractivity contribution < 1.29 is 9.13 Å². The van der Waals surface area contributed by atoms with Crippen LogP contribution in [0.1, 0.15) is 45.4 Å². The van der Waals surface area contributed by atoms with Gasteiger partial charge in [0.15, 0.2) is 0 Å². The number of methoxy groups -OCH3 is 1. The predicted molar refractivity (Wildman–Crippen MR) is 204 cm³/mol. The fourth-order valence-electron chi connectivity index (χ4n) is 4.60. The Morgan fingerprint density at radius 1 is 0.682 bits per heavy atom. The molecule has 0 aliphatic heterocycles. The fourth-order valence-corrected chi connectivity index (χ4v) is 9.62. The fraction of sp³-hybridized carbons (Fsp3) is 0.486. The molecular weight excluding hydrogens is 617 g/mol. The molecule has 248 valence electrons. The Morgan fingerprint density at radius 2 is 1.20 bits per heavy atom. The maximum absolute atomic E-state index is 12.8. The standard InChI is InChI=1S/C16H29NSi.C10H17NOSi.C9H14FNSi.ClH/c1-4-5-6-7-11-14-16(17)18(2,3)15-12-9-8-10-13-15;1-12-9-4-6-10(7-5-9)13(2,3)8-11;1-12(2,7-11)9-5-3-4-8(10)6-9;/h8-10,12-13,16H,4-7,11,14,17H2,1-3H3;4-7H,8,11H2,1-3H3;3-6H,7,11H2,1-2H3;1H. The number of nitrogens with two attached hydrogens (primary N) is 3. The molecule has 0 spiro atoms. The molecule has 0 radical (unpaired) electrons. The lowest BCUT2D eigenvalue weighted by Crippen LogP contribution is -2.56. The number of unbranched alkanes of at least 4 members (excludes halogenated alkanes) is 4. The first-order chi connectivity index (χ1) is 20.2. The highest BCUT2D eigenvalue weighted by atomic mass is 35.5. The third kappa shape index (κ3) is 14.5. The molecule has 3 rings (SSSR count). The van der Waals surface area contributed by atoms with Gasteiger partial charge in [0.2, 0.25) is 0 Å². The van der Waals surface area contributed by atoms with Gasteiger partial charge in [-0.1, -0.05) is 148 Å². The molecule has 3 aromatic carbocycles. The van der Waals surface area contributed by atoms with Crippen molar-refractivity contribution in [2.75, 3.05) is 19.4 Å². The Bertz CT molecular complexity index is 1170. The Kier molecular flexibility index (Phi) is 20.2. The molecule has 3 aromatic rings. The molecule has 1 unspecified atom stereocenters. The lowest BCUT2D eigenvalue weighted by atomic mass is 10.1. The summed E-state index contributed by atoms with van der Waals surface area (Å²) in [6, 6.07) is 25.9. The van der Waals surface area contributed by atoms with Crippen LogP contribution in [0.2, 0.25) is 39.3 Å². The molecule has 0 amide bonds. The van der Waals surface area contributed by atoms with Crippen molar-refractivity contribution >= 4 is 52.2 Å². The summed E-state index contributed by atoms with van der Waals surface area (Å²) >= 11 is 0. The van der Waals surface area contributed by atoms with Gasteiger partial charge in [-0.05, 0) is 43.0 Å². The van der Waals surface area contributed by atoms with E-state index in [1.807, 2.05) is 18.2 Å². The average molecular weight is 679 g/mol. The summed E-state index contributed by atoms with van der Waals surface area (Å²) in [7, 11) is -2.71.